The molecule has 0 spiro atoms. The summed E-state index contributed by atoms with van der Waals surface area (Å²) >= 11 is 0. The Kier molecular flexibility index (Phi) is 4.80. The van der Waals surface area contributed by atoms with Crippen molar-refractivity contribution in [2.45, 2.75) is 57.0 Å². The highest BCUT2D eigenvalue weighted by atomic mass is 32.2. The molecule has 1 aliphatic carbocycles. The number of hydrogen-bond acceptors (Lipinski definition) is 3. The molecule has 6 heteroatoms. The molecule has 0 aliphatic heterocycles. The van der Waals surface area contributed by atoms with Gasteiger partial charge in [-0.3, -0.25) is 0 Å². The van der Waals surface area contributed by atoms with E-state index in [1.807, 2.05) is 18.7 Å². The number of aromatic nitrogens is 1. The summed E-state index contributed by atoms with van der Waals surface area (Å²) in [5, 5.41) is 3.05. The molecule has 120 valence electrons. The van der Waals surface area contributed by atoms with Gasteiger partial charge in [-0.1, -0.05) is 20.3 Å². The van der Waals surface area contributed by atoms with Gasteiger partial charge in [0.1, 0.15) is 0 Å². The normalized spacial score (nSPS) is 22.4. The molecule has 1 fully saturated rings. The van der Waals surface area contributed by atoms with Crippen molar-refractivity contribution in [3.05, 3.63) is 18.0 Å². The summed E-state index contributed by atoms with van der Waals surface area (Å²) in [6.07, 6.45) is 5.77. The van der Waals surface area contributed by atoms with Crippen LogP contribution in [0.25, 0.3) is 0 Å². The molecule has 0 aromatic carbocycles. The first-order valence-corrected chi connectivity index (χ1v) is 9.04. The fourth-order valence-corrected chi connectivity index (χ4v) is 4.53. The summed E-state index contributed by atoms with van der Waals surface area (Å²) < 4.78 is 29.8. The highest BCUT2D eigenvalue weighted by Crippen LogP contribution is 2.35. The van der Waals surface area contributed by atoms with E-state index in [9.17, 15) is 8.42 Å². The van der Waals surface area contributed by atoms with E-state index in [-0.39, 0.29) is 11.5 Å². The van der Waals surface area contributed by atoms with Crippen molar-refractivity contribution in [1.29, 1.82) is 0 Å². The first kappa shape index (κ1) is 16.5. The van der Waals surface area contributed by atoms with E-state index < -0.39 is 10.0 Å². The van der Waals surface area contributed by atoms with Crippen molar-refractivity contribution in [3.63, 3.8) is 0 Å². The van der Waals surface area contributed by atoms with Gasteiger partial charge in [0.05, 0.1) is 4.90 Å². The van der Waals surface area contributed by atoms with Gasteiger partial charge in [0, 0.05) is 31.5 Å². The third-order valence-electron chi connectivity index (χ3n) is 4.28. The lowest BCUT2D eigenvalue weighted by atomic mass is 9.75. The highest BCUT2D eigenvalue weighted by Gasteiger charge is 2.31. The van der Waals surface area contributed by atoms with Crippen LogP contribution in [-0.2, 0) is 23.6 Å². The molecule has 0 radical (unpaired) electrons. The zero-order valence-electron chi connectivity index (χ0n) is 13.4. The standard InChI is InChI=1S/C15H27N3O2S/c1-15(2)7-5-6-12(9-15)17-21(19,20)14-8-13(10-16-3)18(4)11-14/h8,11-12,16-17H,5-7,9-10H2,1-4H3. The number of hydrogen-bond donors (Lipinski definition) is 2. The summed E-state index contributed by atoms with van der Waals surface area (Å²) in [6, 6.07) is 1.79. The number of nitrogens with zero attached hydrogens (tertiary/aromatic N) is 1. The molecule has 0 bridgehead atoms. The smallest absolute Gasteiger partial charge is 0.242 e. The molecule has 1 heterocycles. The topological polar surface area (TPSA) is 63.1 Å². The van der Waals surface area contributed by atoms with E-state index in [2.05, 4.69) is 23.9 Å². The molecule has 1 unspecified atom stereocenters. The molecular weight excluding hydrogens is 286 g/mol. The summed E-state index contributed by atoms with van der Waals surface area (Å²) in [4.78, 5) is 0.360. The summed E-state index contributed by atoms with van der Waals surface area (Å²) in [7, 11) is 0.292. The van der Waals surface area contributed by atoms with Gasteiger partial charge in [0.15, 0.2) is 0 Å². The van der Waals surface area contributed by atoms with Gasteiger partial charge in [-0.05, 0) is 37.8 Å². The molecular formula is C15H27N3O2S. The minimum absolute atomic E-state index is 0.0479. The first-order valence-electron chi connectivity index (χ1n) is 7.56. The molecule has 21 heavy (non-hydrogen) atoms. The molecule has 1 aromatic rings. The Balaban J connectivity index is 2.13. The first-order chi connectivity index (χ1) is 9.73. The molecule has 1 atom stereocenters. The highest BCUT2D eigenvalue weighted by molar-refractivity contribution is 7.89. The van der Waals surface area contributed by atoms with Gasteiger partial charge in [-0.15, -0.1) is 0 Å². The molecule has 0 amide bonds. The Morgan fingerprint density at radius 1 is 1.43 bits per heavy atom. The van der Waals surface area contributed by atoms with Crippen LogP contribution in [-0.4, -0.2) is 26.1 Å². The van der Waals surface area contributed by atoms with Gasteiger partial charge in [0.2, 0.25) is 10.0 Å². The Labute approximate surface area is 128 Å². The lowest BCUT2D eigenvalue weighted by molar-refractivity contribution is 0.212. The maximum absolute atomic E-state index is 12.5. The Morgan fingerprint density at radius 2 is 2.14 bits per heavy atom. The Bertz CT molecular complexity index is 590. The van der Waals surface area contributed by atoms with Gasteiger partial charge >= 0.3 is 0 Å². The van der Waals surface area contributed by atoms with Crippen molar-refractivity contribution < 1.29 is 8.42 Å². The van der Waals surface area contributed by atoms with Gasteiger partial charge in [-0.25, -0.2) is 13.1 Å². The number of sulfonamides is 1. The predicted octanol–water partition coefficient (Wildman–Crippen LogP) is 1.99. The van der Waals surface area contributed by atoms with Crippen molar-refractivity contribution in [1.82, 2.24) is 14.6 Å². The Hall–Kier alpha value is -0.850. The van der Waals surface area contributed by atoms with Gasteiger partial charge in [0.25, 0.3) is 0 Å². The SMILES string of the molecule is CNCc1cc(S(=O)(=O)NC2CCCC(C)(C)C2)cn1C. The van der Waals surface area contributed by atoms with Crippen LogP contribution in [0.1, 0.15) is 45.2 Å². The van der Waals surface area contributed by atoms with E-state index in [4.69, 9.17) is 0 Å². The molecule has 5 nitrogen and oxygen atoms in total. The molecule has 2 N–H and O–H groups in total. The summed E-state index contributed by atoms with van der Waals surface area (Å²) in [6.45, 7) is 5.07. The second-order valence-electron chi connectivity index (χ2n) is 6.89. The van der Waals surface area contributed by atoms with Crippen LogP contribution >= 0.6 is 0 Å². The van der Waals surface area contributed by atoms with E-state index in [0.717, 1.165) is 25.0 Å². The molecule has 1 saturated carbocycles. The zero-order valence-corrected chi connectivity index (χ0v) is 14.3. The lowest BCUT2D eigenvalue weighted by Gasteiger charge is -2.35. The van der Waals surface area contributed by atoms with Crippen LogP contribution in [0.2, 0.25) is 0 Å². The predicted molar refractivity (Wildman–Crippen MR) is 84.5 cm³/mol. The monoisotopic (exact) mass is 313 g/mol. The quantitative estimate of drug-likeness (QED) is 0.874. The third-order valence-corrected chi connectivity index (χ3v) is 5.77. The maximum Gasteiger partial charge on any atom is 0.242 e. The number of rotatable bonds is 5. The van der Waals surface area contributed by atoms with Crippen molar-refractivity contribution in [2.75, 3.05) is 7.05 Å². The summed E-state index contributed by atoms with van der Waals surface area (Å²) in [5.74, 6) is 0. The van der Waals surface area contributed by atoms with E-state index in [0.29, 0.717) is 11.4 Å². The van der Waals surface area contributed by atoms with E-state index in [1.54, 1.807) is 12.3 Å². The van der Waals surface area contributed by atoms with Crippen LogP contribution in [0.5, 0.6) is 0 Å². The third kappa shape index (κ3) is 4.08. The molecule has 0 saturated heterocycles. The van der Waals surface area contributed by atoms with Crippen LogP contribution in [0.15, 0.2) is 17.2 Å². The van der Waals surface area contributed by atoms with Crippen LogP contribution in [0.4, 0.5) is 0 Å². The number of aryl methyl sites for hydroxylation is 1. The lowest BCUT2D eigenvalue weighted by Crippen LogP contribution is -2.40. The molecule has 2 rings (SSSR count). The Morgan fingerprint density at radius 3 is 2.76 bits per heavy atom. The van der Waals surface area contributed by atoms with E-state index in [1.165, 1.54) is 6.42 Å². The van der Waals surface area contributed by atoms with Gasteiger partial charge in [-0.2, -0.15) is 0 Å². The fourth-order valence-electron chi connectivity index (χ4n) is 3.17. The van der Waals surface area contributed by atoms with E-state index >= 15 is 0 Å². The zero-order chi connectivity index (χ0) is 15.7. The van der Waals surface area contributed by atoms with Crippen molar-refractivity contribution in [2.24, 2.45) is 12.5 Å². The average molecular weight is 313 g/mol. The van der Waals surface area contributed by atoms with Crippen LogP contribution < -0.4 is 10.0 Å². The largest absolute Gasteiger partial charge is 0.352 e. The minimum atomic E-state index is -3.43. The van der Waals surface area contributed by atoms with Crippen LogP contribution in [0, 0.1) is 5.41 Å². The fraction of sp³-hybridized carbons (Fsp3) is 0.733. The van der Waals surface area contributed by atoms with Gasteiger partial charge < -0.3 is 9.88 Å². The maximum atomic E-state index is 12.5. The van der Waals surface area contributed by atoms with Crippen molar-refractivity contribution >= 4 is 10.0 Å². The average Bonchev–Trinajstić information content (AvgIpc) is 2.70. The molecule has 1 aromatic heterocycles. The molecule has 1 aliphatic rings. The number of nitrogens with one attached hydrogen (secondary N) is 2. The second kappa shape index (κ2) is 6.10. The minimum Gasteiger partial charge on any atom is -0.352 e. The second-order valence-corrected chi connectivity index (χ2v) is 8.60. The summed E-state index contributed by atoms with van der Waals surface area (Å²) in [5.41, 5.74) is 1.18. The van der Waals surface area contributed by atoms with Crippen molar-refractivity contribution in [3.8, 4) is 0 Å². The van der Waals surface area contributed by atoms with Crippen LogP contribution in [0.3, 0.4) is 0 Å².